The molecule has 6 rings (SSSR count). The van der Waals surface area contributed by atoms with E-state index in [4.69, 9.17) is 23.9 Å². The van der Waals surface area contributed by atoms with Crippen LogP contribution < -0.4 is 33.8 Å². The standard InChI is InChI=1S/C32H27BrN2O6S/c1-17(36)41-30-23(33)13-18(14-26(30)40-4)15-27-31(37)35-29(20-10-12-24(38-2)25(16-20)39-3)22-11-9-19-7-5-6-8-21(19)28(22)34-32(35)42-27/h5-8,10,12-16,29H,9,11H2,1-4H3/b27-15-/t29-/m0/s1. The molecular formula is C32H27BrN2O6S. The van der Waals surface area contributed by atoms with E-state index in [1.165, 1.54) is 30.9 Å². The Hall–Kier alpha value is -4.15. The summed E-state index contributed by atoms with van der Waals surface area (Å²) in [4.78, 5) is 31.4. The van der Waals surface area contributed by atoms with Crippen LogP contribution in [0.4, 0.5) is 0 Å². The number of carbonyl (C=O) groups excluding carboxylic acids is 1. The van der Waals surface area contributed by atoms with Crippen molar-refractivity contribution >= 4 is 45.0 Å². The summed E-state index contributed by atoms with van der Waals surface area (Å²) in [6.45, 7) is 1.33. The molecule has 0 spiro atoms. The van der Waals surface area contributed by atoms with Gasteiger partial charge in [-0.15, -0.1) is 0 Å². The van der Waals surface area contributed by atoms with Crippen LogP contribution in [0.25, 0.3) is 11.8 Å². The SMILES string of the molecule is COc1ccc([C@H]2C3=C(N=c4s/c(=C\c5cc(Br)c(OC(C)=O)c(OC)c5)c(=O)n42)c2ccccc2CC3)cc1OC. The number of rotatable bonds is 6. The molecule has 2 heterocycles. The molecule has 0 radical (unpaired) electrons. The third-order valence-electron chi connectivity index (χ3n) is 7.39. The molecule has 4 aromatic rings. The van der Waals surface area contributed by atoms with Crippen molar-refractivity contribution in [2.45, 2.75) is 25.8 Å². The van der Waals surface area contributed by atoms with Gasteiger partial charge in [0.15, 0.2) is 27.8 Å². The van der Waals surface area contributed by atoms with Crippen LogP contribution in [0, 0.1) is 0 Å². The van der Waals surface area contributed by atoms with Crippen molar-refractivity contribution in [2.75, 3.05) is 21.3 Å². The third kappa shape index (κ3) is 4.84. The topological polar surface area (TPSA) is 88.4 Å². The highest BCUT2D eigenvalue weighted by atomic mass is 79.9. The average Bonchev–Trinajstić information content (AvgIpc) is 3.30. The number of carbonyl (C=O) groups is 1. The quantitative estimate of drug-likeness (QED) is 0.216. The molecule has 0 bridgehead atoms. The Balaban J connectivity index is 1.57. The van der Waals surface area contributed by atoms with Crippen molar-refractivity contribution in [1.29, 1.82) is 0 Å². The van der Waals surface area contributed by atoms with E-state index in [9.17, 15) is 9.59 Å². The molecule has 1 atom stereocenters. The van der Waals surface area contributed by atoms with Crippen molar-refractivity contribution < 1.29 is 23.7 Å². The number of hydrogen-bond donors (Lipinski definition) is 0. The minimum absolute atomic E-state index is 0.150. The van der Waals surface area contributed by atoms with Gasteiger partial charge in [-0.1, -0.05) is 41.7 Å². The van der Waals surface area contributed by atoms with Crippen molar-refractivity contribution in [2.24, 2.45) is 4.99 Å². The number of allylic oxidation sites excluding steroid dienone is 1. The summed E-state index contributed by atoms with van der Waals surface area (Å²) in [6, 6.07) is 17.3. The van der Waals surface area contributed by atoms with Gasteiger partial charge in [0.2, 0.25) is 0 Å². The largest absolute Gasteiger partial charge is 0.493 e. The van der Waals surface area contributed by atoms with Gasteiger partial charge in [-0.2, -0.15) is 0 Å². The molecular weight excluding hydrogens is 620 g/mol. The van der Waals surface area contributed by atoms with E-state index in [0.717, 1.165) is 35.2 Å². The summed E-state index contributed by atoms with van der Waals surface area (Å²) >= 11 is 4.81. The van der Waals surface area contributed by atoms with Crippen molar-refractivity contribution in [3.63, 3.8) is 0 Å². The molecule has 1 aliphatic carbocycles. The van der Waals surface area contributed by atoms with E-state index in [-0.39, 0.29) is 17.4 Å². The lowest BCUT2D eigenvalue weighted by molar-refractivity contribution is -0.132. The summed E-state index contributed by atoms with van der Waals surface area (Å²) in [5.41, 5.74) is 5.82. The van der Waals surface area contributed by atoms with Crippen LogP contribution in [-0.2, 0) is 11.2 Å². The molecule has 1 aliphatic heterocycles. The molecule has 214 valence electrons. The number of fused-ring (bicyclic) bond motifs is 3. The molecule has 10 heteroatoms. The Morgan fingerprint density at radius 2 is 1.76 bits per heavy atom. The predicted octanol–water partition coefficient (Wildman–Crippen LogP) is 5.03. The maximum absolute atomic E-state index is 14.1. The van der Waals surface area contributed by atoms with Gasteiger partial charge >= 0.3 is 5.97 Å². The number of aryl methyl sites for hydroxylation is 1. The summed E-state index contributed by atoms with van der Waals surface area (Å²) in [5.74, 6) is 1.40. The van der Waals surface area contributed by atoms with Crippen LogP contribution in [-0.4, -0.2) is 31.9 Å². The molecule has 0 fully saturated rings. The number of halogens is 1. The summed E-state index contributed by atoms with van der Waals surface area (Å²) in [6.07, 6.45) is 3.44. The molecule has 1 aromatic heterocycles. The Morgan fingerprint density at radius 3 is 2.50 bits per heavy atom. The van der Waals surface area contributed by atoms with E-state index < -0.39 is 5.97 Å². The van der Waals surface area contributed by atoms with E-state index in [2.05, 4.69) is 28.1 Å². The molecule has 2 aliphatic rings. The van der Waals surface area contributed by atoms with Gasteiger partial charge in [0.1, 0.15) is 0 Å². The van der Waals surface area contributed by atoms with Gasteiger partial charge in [0.25, 0.3) is 5.56 Å². The number of aromatic nitrogens is 1. The first kappa shape index (κ1) is 28.0. The van der Waals surface area contributed by atoms with E-state index >= 15 is 0 Å². The smallest absolute Gasteiger partial charge is 0.308 e. The second-order valence-corrected chi connectivity index (χ2v) is 11.7. The van der Waals surface area contributed by atoms with Crippen LogP contribution in [0.15, 0.2) is 74.4 Å². The first-order valence-electron chi connectivity index (χ1n) is 13.2. The van der Waals surface area contributed by atoms with Crippen molar-refractivity contribution in [3.05, 3.63) is 107 Å². The average molecular weight is 648 g/mol. The molecule has 0 amide bonds. The Labute approximate surface area is 254 Å². The Kier molecular flexibility index (Phi) is 7.51. The summed E-state index contributed by atoms with van der Waals surface area (Å²) < 4.78 is 24.7. The Bertz CT molecular complexity index is 1960. The minimum atomic E-state index is -0.462. The zero-order valence-corrected chi connectivity index (χ0v) is 25.8. The predicted molar refractivity (Wildman–Crippen MR) is 164 cm³/mol. The summed E-state index contributed by atoms with van der Waals surface area (Å²) in [5, 5.41) is 0. The summed E-state index contributed by atoms with van der Waals surface area (Å²) in [7, 11) is 4.71. The van der Waals surface area contributed by atoms with E-state index in [0.29, 0.717) is 36.6 Å². The lowest BCUT2D eigenvalue weighted by Gasteiger charge is -2.31. The van der Waals surface area contributed by atoms with Crippen molar-refractivity contribution in [3.8, 4) is 23.0 Å². The van der Waals surface area contributed by atoms with Gasteiger partial charge in [-0.05, 0) is 81.4 Å². The zero-order chi connectivity index (χ0) is 29.5. The zero-order valence-electron chi connectivity index (χ0n) is 23.4. The lowest BCUT2D eigenvalue weighted by Crippen LogP contribution is -2.38. The second kappa shape index (κ2) is 11.3. The highest BCUT2D eigenvalue weighted by Crippen LogP contribution is 2.43. The number of ether oxygens (including phenoxy) is 4. The number of thiazole rings is 1. The minimum Gasteiger partial charge on any atom is -0.493 e. The van der Waals surface area contributed by atoms with Gasteiger partial charge in [-0.3, -0.25) is 14.2 Å². The Morgan fingerprint density at radius 1 is 1.00 bits per heavy atom. The number of hydrogen-bond acceptors (Lipinski definition) is 8. The fraction of sp³-hybridized carbons (Fsp3) is 0.219. The van der Waals surface area contributed by atoms with Crippen LogP contribution in [0.5, 0.6) is 23.0 Å². The molecule has 0 saturated heterocycles. The van der Waals surface area contributed by atoms with Crippen LogP contribution in [0.2, 0.25) is 0 Å². The number of nitrogens with zero attached hydrogens (tertiary/aromatic N) is 2. The first-order valence-corrected chi connectivity index (χ1v) is 14.8. The van der Waals surface area contributed by atoms with Gasteiger partial charge in [0.05, 0.1) is 42.1 Å². The maximum Gasteiger partial charge on any atom is 0.308 e. The van der Waals surface area contributed by atoms with Crippen LogP contribution >= 0.6 is 27.3 Å². The van der Waals surface area contributed by atoms with Gasteiger partial charge in [-0.25, -0.2) is 4.99 Å². The van der Waals surface area contributed by atoms with Crippen molar-refractivity contribution in [1.82, 2.24) is 4.57 Å². The molecule has 0 saturated carbocycles. The maximum atomic E-state index is 14.1. The molecule has 0 unspecified atom stereocenters. The highest BCUT2D eigenvalue weighted by Gasteiger charge is 2.33. The monoisotopic (exact) mass is 646 g/mol. The molecule has 0 N–H and O–H groups in total. The fourth-order valence-electron chi connectivity index (χ4n) is 5.56. The van der Waals surface area contributed by atoms with E-state index in [1.54, 1.807) is 37.0 Å². The van der Waals surface area contributed by atoms with E-state index in [1.807, 2.05) is 30.3 Å². The van der Waals surface area contributed by atoms with Crippen LogP contribution in [0.3, 0.4) is 0 Å². The highest BCUT2D eigenvalue weighted by molar-refractivity contribution is 9.10. The molecule has 3 aromatic carbocycles. The lowest BCUT2D eigenvalue weighted by atomic mass is 9.83. The normalized spacial score (nSPS) is 15.7. The number of benzene rings is 3. The number of esters is 1. The van der Waals surface area contributed by atoms with Gasteiger partial charge in [0, 0.05) is 12.5 Å². The number of methoxy groups -OCH3 is 3. The molecule has 8 nitrogen and oxygen atoms in total. The van der Waals surface area contributed by atoms with Gasteiger partial charge < -0.3 is 18.9 Å². The molecule has 42 heavy (non-hydrogen) atoms. The third-order valence-corrected chi connectivity index (χ3v) is 8.96. The fourth-order valence-corrected chi connectivity index (χ4v) is 7.10. The second-order valence-electron chi connectivity index (χ2n) is 9.86. The van der Waals surface area contributed by atoms with Crippen LogP contribution in [0.1, 0.15) is 41.6 Å². The first-order chi connectivity index (χ1) is 20.3.